The normalized spacial score (nSPS) is 13.4. The molecule has 1 saturated heterocycles. The first-order valence-electron chi connectivity index (χ1n) is 25.5. The van der Waals surface area contributed by atoms with Crippen molar-refractivity contribution in [3.63, 3.8) is 0 Å². The highest BCUT2D eigenvalue weighted by Gasteiger charge is 2.51. The smallest absolute Gasteiger partial charge is 0.436 e. The van der Waals surface area contributed by atoms with Gasteiger partial charge in [-0.1, -0.05) is 186 Å². The predicted octanol–water partition coefficient (Wildman–Crippen LogP) is 18.1. The lowest BCUT2D eigenvalue weighted by Crippen LogP contribution is -2.41. The number of halogens is 1. The molecule has 1 fully saturated rings. The summed E-state index contributed by atoms with van der Waals surface area (Å²) < 4.78 is 25.0. The van der Waals surface area contributed by atoms with E-state index in [2.05, 4.69) is 223 Å². The molecule has 0 atom stereocenters. The van der Waals surface area contributed by atoms with Crippen molar-refractivity contribution in [2.24, 2.45) is 0 Å². The molecule has 8 heteroatoms. The van der Waals surface area contributed by atoms with Crippen LogP contribution in [0.4, 0.5) is 0 Å². The summed E-state index contributed by atoms with van der Waals surface area (Å²) in [5.74, 6) is 1.27. The van der Waals surface area contributed by atoms with Gasteiger partial charge in [-0.15, -0.1) is 0 Å². The van der Waals surface area contributed by atoms with Gasteiger partial charge in [0.1, 0.15) is 11.0 Å². The van der Waals surface area contributed by atoms with Gasteiger partial charge in [-0.05, 0) is 174 Å². The predicted molar refractivity (Wildman–Crippen MR) is 316 cm³/mol. The molecule has 0 unspecified atom stereocenters. The minimum Gasteiger partial charge on any atom is -0.436 e. The van der Waals surface area contributed by atoms with Gasteiger partial charge in [0.05, 0.1) is 11.2 Å². The van der Waals surface area contributed by atoms with Crippen LogP contribution in [0.3, 0.4) is 0 Å². The van der Waals surface area contributed by atoms with Gasteiger partial charge >= 0.3 is 7.12 Å². The average Bonchev–Trinajstić information content (AvgIpc) is 4.17. The van der Waals surface area contributed by atoms with Crippen LogP contribution >= 0.6 is 15.9 Å². The Morgan fingerprint density at radius 1 is 0.316 bits per heavy atom. The van der Waals surface area contributed by atoms with Crippen molar-refractivity contribution in [2.75, 3.05) is 0 Å². The molecular formula is C68H54BBrN2O4. The van der Waals surface area contributed by atoms with Crippen molar-refractivity contribution in [3.05, 3.63) is 259 Å². The van der Waals surface area contributed by atoms with Gasteiger partial charge in [-0.2, -0.15) is 0 Å². The third-order valence-corrected chi connectivity index (χ3v) is 14.5. The maximum Gasteiger partial charge on any atom is 0.494 e. The van der Waals surface area contributed by atoms with E-state index in [1.54, 1.807) is 0 Å². The summed E-state index contributed by atoms with van der Waals surface area (Å²) in [5, 5.41) is 0. The van der Waals surface area contributed by atoms with Crippen molar-refractivity contribution in [2.45, 2.75) is 38.9 Å². The second-order valence-electron chi connectivity index (χ2n) is 19.8. The fourth-order valence-electron chi connectivity index (χ4n) is 9.13. The van der Waals surface area contributed by atoms with Crippen molar-refractivity contribution < 1.29 is 18.1 Å². The number of hydrogen-bond donors (Lipinski definition) is 0. The van der Waals surface area contributed by atoms with Gasteiger partial charge in [0.15, 0.2) is 11.2 Å². The Morgan fingerprint density at radius 3 is 0.961 bits per heavy atom. The number of benzene rings is 10. The first-order valence-corrected chi connectivity index (χ1v) is 26.3. The maximum absolute atomic E-state index is 6.08. The van der Waals surface area contributed by atoms with E-state index >= 15 is 0 Å². The van der Waals surface area contributed by atoms with Crippen LogP contribution in [0, 0.1) is 0 Å². The summed E-state index contributed by atoms with van der Waals surface area (Å²) >= 11 is 3.61. The third-order valence-electron chi connectivity index (χ3n) is 14.0. The molecule has 0 aliphatic carbocycles. The van der Waals surface area contributed by atoms with Crippen LogP contribution in [0.15, 0.2) is 268 Å². The molecule has 370 valence electrons. The Morgan fingerprint density at radius 2 is 0.605 bits per heavy atom. The van der Waals surface area contributed by atoms with Crippen LogP contribution in [-0.2, 0) is 9.31 Å². The maximum atomic E-state index is 6.08. The standard InChI is InChI=1S/C31H21NO.C19H20BNO3.C18H13Br/c1-3-9-22(10-4-1)26-19-27(23-11-5-2-6-12-23)21-28(20-26)24-15-17-25(18-16-24)31-32-29-13-7-8-14-30(29)33-31;1-18(2)19(3,4)24-20(23-18)14-11-9-13(10-12-14)17-21-15-7-5-6-8-16(15)22-17;19-18-12-16(14-7-3-1-4-8-14)11-17(13-18)15-9-5-2-6-10-15/h1-21H;5-12H,1-4H3;1-13H. The van der Waals surface area contributed by atoms with E-state index in [0.29, 0.717) is 11.8 Å². The van der Waals surface area contributed by atoms with Crippen LogP contribution in [0.2, 0.25) is 0 Å². The van der Waals surface area contributed by atoms with Crippen LogP contribution in [-0.4, -0.2) is 28.3 Å². The zero-order valence-electron chi connectivity index (χ0n) is 42.7. The lowest BCUT2D eigenvalue weighted by Gasteiger charge is -2.32. The summed E-state index contributed by atoms with van der Waals surface area (Å²) in [6, 6.07) is 87.3. The molecule has 0 saturated carbocycles. The summed E-state index contributed by atoms with van der Waals surface area (Å²) in [7, 11) is -0.354. The molecule has 10 aromatic carbocycles. The van der Waals surface area contributed by atoms with Crippen LogP contribution < -0.4 is 5.46 Å². The summed E-state index contributed by atoms with van der Waals surface area (Å²) in [5.41, 5.74) is 17.7. The molecular weight excluding hydrogens is 999 g/mol. The highest BCUT2D eigenvalue weighted by molar-refractivity contribution is 9.10. The molecule has 13 rings (SSSR count). The quantitative estimate of drug-likeness (QED) is 0.141. The molecule has 0 amide bonds. The minimum atomic E-state index is -0.354. The Labute approximate surface area is 453 Å². The molecule has 76 heavy (non-hydrogen) atoms. The van der Waals surface area contributed by atoms with E-state index in [1.165, 1.54) is 50.1 Å². The number of fused-ring (bicyclic) bond motifs is 2. The molecule has 0 spiro atoms. The summed E-state index contributed by atoms with van der Waals surface area (Å²) in [4.78, 5) is 9.15. The molecule has 12 aromatic rings. The topological polar surface area (TPSA) is 70.5 Å². The van der Waals surface area contributed by atoms with Crippen molar-refractivity contribution in [1.82, 2.24) is 9.97 Å². The summed E-state index contributed by atoms with van der Waals surface area (Å²) in [6.07, 6.45) is 0. The second-order valence-corrected chi connectivity index (χ2v) is 20.7. The molecule has 3 heterocycles. The van der Waals surface area contributed by atoms with Gasteiger partial charge in [-0.25, -0.2) is 9.97 Å². The fourth-order valence-corrected chi connectivity index (χ4v) is 9.62. The number of hydrogen-bond acceptors (Lipinski definition) is 6. The van der Waals surface area contributed by atoms with E-state index < -0.39 is 0 Å². The average molecular weight is 1050 g/mol. The SMILES string of the molecule is Brc1cc(-c2ccccc2)cc(-c2ccccc2)c1.CC1(C)OB(c2ccc(-c3nc4ccccc4o3)cc2)OC1(C)C.c1ccc(-c2cc(-c3ccccc3)cc(-c3ccc(-c4nc5ccccc5o4)cc3)c2)cc1. The van der Waals surface area contributed by atoms with Gasteiger partial charge in [0, 0.05) is 15.6 Å². The van der Waals surface area contributed by atoms with Crippen molar-refractivity contribution in [3.8, 4) is 78.5 Å². The van der Waals surface area contributed by atoms with Crippen molar-refractivity contribution in [1.29, 1.82) is 0 Å². The number of nitrogens with zero attached hydrogens (tertiary/aromatic N) is 2. The van der Waals surface area contributed by atoms with E-state index in [1.807, 2.05) is 84.9 Å². The largest absolute Gasteiger partial charge is 0.494 e. The second kappa shape index (κ2) is 21.8. The molecule has 0 bridgehead atoms. The minimum absolute atomic E-state index is 0.337. The summed E-state index contributed by atoms with van der Waals surface area (Å²) in [6.45, 7) is 8.22. The molecule has 0 N–H and O–H groups in total. The number of rotatable bonds is 8. The molecule has 2 aromatic heterocycles. The van der Waals surface area contributed by atoms with Gasteiger partial charge in [0.2, 0.25) is 11.8 Å². The Balaban J connectivity index is 0.000000127. The Bertz CT molecular complexity index is 3680. The van der Waals surface area contributed by atoms with Crippen LogP contribution in [0.25, 0.3) is 101 Å². The number of aromatic nitrogens is 2. The Hall–Kier alpha value is -8.40. The molecule has 1 aliphatic heterocycles. The fraction of sp³-hybridized carbons (Fsp3) is 0.0882. The first kappa shape index (κ1) is 49.8. The van der Waals surface area contributed by atoms with Gasteiger partial charge < -0.3 is 18.1 Å². The molecule has 1 aliphatic rings. The highest BCUT2D eigenvalue weighted by atomic mass is 79.9. The first-order chi connectivity index (χ1) is 37.0. The van der Waals surface area contributed by atoms with E-state index in [4.69, 9.17) is 18.1 Å². The molecule has 6 nitrogen and oxygen atoms in total. The highest BCUT2D eigenvalue weighted by Crippen LogP contribution is 2.38. The van der Waals surface area contributed by atoms with Gasteiger partial charge in [0.25, 0.3) is 0 Å². The Kier molecular flexibility index (Phi) is 14.3. The van der Waals surface area contributed by atoms with Gasteiger partial charge in [-0.3, -0.25) is 0 Å². The zero-order valence-corrected chi connectivity index (χ0v) is 44.3. The third kappa shape index (κ3) is 11.2. The van der Waals surface area contributed by atoms with Crippen LogP contribution in [0.1, 0.15) is 27.7 Å². The lowest BCUT2D eigenvalue weighted by atomic mass is 9.79. The van der Waals surface area contributed by atoms with Crippen molar-refractivity contribution >= 4 is 50.7 Å². The van der Waals surface area contributed by atoms with E-state index in [-0.39, 0.29) is 18.3 Å². The zero-order chi connectivity index (χ0) is 52.1. The molecule has 0 radical (unpaired) electrons. The van der Waals surface area contributed by atoms with E-state index in [0.717, 1.165) is 48.8 Å². The number of oxazole rings is 2. The monoisotopic (exact) mass is 1050 g/mol. The van der Waals surface area contributed by atoms with E-state index in [9.17, 15) is 0 Å². The lowest BCUT2D eigenvalue weighted by molar-refractivity contribution is 0.00578. The number of para-hydroxylation sites is 4. The van der Waals surface area contributed by atoms with Crippen LogP contribution in [0.5, 0.6) is 0 Å².